The summed E-state index contributed by atoms with van der Waals surface area (Å²) in [5.41, 5.74) is 1.06. The van der Waals surface area contributed by atoms with E-state index in [1.54, 1.807) is 0 Å². The van der Waals surface area contributed by atoms with Crippen molar-refractivity contribution in [2.75, 3.05) is 25.6 Å². The molecule has 0 bridgehead atoms. The zero-order valence-electron chi connectivity index (χ0n) is 8.64. The van der Waals surface area contributed by atoms with E-state index in [-0.39, 0.29) is 6.61 Å². The smallest absolute Gasteiger partial charge is 0.127 e. The monoisotopic (exact) mass is 192 g/mol. The van der Waals surface area contributed by atoms with Gasteiger partial charge in [-0.25, -0.2) is 4.98 Å². The number of pyridine rings is 1. The van der Waals surface area contributed by atoms with Crippen LogP contribution in [0.4, 0.5) is 5.82 Å². The highest BCUT2D eigenvalue weighted by atomic mass is 16.2. The van der Waals surface area contributed by atoms with E-state index >= 15 is 0 Å². The standard InChI is InChI=1S/C11H16N2O/c1-13(2)11-7-6-10(9-12-11)5-3-4-8-14/h3,5-7,9,14H,4,8H2,1-2H3. The lowest BCUT2D eigenvalue weighted by molar-refractivity contribution is 0.303. The Morgan fingerprint density at radius 1 is 1.43 bits per heavy atom. The minimum atomic E-state index is 0.194. The molecule has 76 valence electrons. The van der Waals surface area contributed by atoms with Crippen LogP contribution in [0.2, 0.25) is 0 Å². The third kappa shape index (κ3) is 3.18. The first-order valence-corrected chi connectivity index (χ1v) is 4.65. The van der Waals surface area contributed by atoms with Crippen molar-refractivity contribution in [3.63, 3.8) is 0 Å². The minimum absolute atomic E-state index is 0.194. The molecule has 0 unspecified atom stereocenters. The number of rotatable bonds is 4. The van der Waals surface area contributed by atoms with Gasteiger partial charge in [0.25, 0.3) is 0 Å². The SMILES string of the molecule is CN(C)c1ccc(C=CCCO)cn1. The van der Waals surface area contributed by atoms with Crippen molar-refractivity contribution in [3.05, 3.63) is 30.0 Å². The molecule has 0 amide bonds. The molecule has 14 heavy (non-hydrogen) atoms. The molecule has 0 radical (unpaired) electrons. The third-order valence-electron chi connectivity index (χ3n) is 1.84. The van der Waals surface area contributed by atoms with Crippen molar-refractivity contribution < 1.29 is 5.11 Å². The Hall–Kier alpha value is -1.35. The topological polar surface area (TPSA) is 36.4 Å². The first-order chi connectivity index (χ1) is 6.74. The van der Waals surface area contributed by atoms with Crippen LogP contribution in [0.1, 0.15) is 12.0 Å². The summed E-state index contributed by atoms with van der Waals surface area (Å²) in [5.74, 6) is 0.948. The van der Waals surface area contributed by atoms with E-state index in [4.69, 9.17) is 5.11 Å². The molecule has 1 heterocycles. The highest BCUT2D eigenvalue weighted by Gasteiger charge is 1.94. The fraction of sp³-hybridized carbons (Fsp3) is 0.364. The maximum absolute atomic E-state index is 8.59. The van der Waals surface area contributed by atoms with Crippen LogP contribution in [0.5, 0.6) is 0 Å². The Kier molecular flexibility index (Phi) is 4.13. The fourth-order valence-electron chi connectivity index (χ4n) is 1.05. The fourth-order valence-corrected chi connectivity index (χ4v) is 1.05. The average Bonchev–Trinajstić information content (AvgIpc) is 2.19. The molecular weight excluding hydrogens is 176 g/mol. The van der Waals surface area contributed by atoms with Crippen molar-refractivity contribution in [2.45, 2.75) is 6.42 Å². The van der Waals surface area contributed by atoms with E-state index < -0.39 is 0 Å². The summed E-state index contributed by atoms with van der Waals surface area (Å²) >= 11 is 0. The predicted octanol–water partition coefficient (Wildman–Crippen LogP) is 1.54. The van der Waals surface area contributed by atoms with E-state index in [0.29, 0.717) is 6.42 Å². The van der Waals surface area contributed by atoms with E-state index in [1.807, 2.05) is 49.5 Å². The van der Waals surface area contributed by atoms with Gasteiger partial charge in [0.05, 0.1) is 0 Å². The molecule has 0 aliphatic heterocycles. The van der Waals surface area contributed by atoms with Crippen LogP contribution in [0.3, 0.4) is 0 Å². The number of aromatic nitrogens is 1. The number of hydrogen-bond acceptors (Lipinski definition) is 3. The lowest BCUT2D eigenvalue weighted by Crippen LogP contribution is -2.09. The Morgan fingerprint density at radius 3 is 2.71 bits per heavy atom. The summed E-state index contributed by atoms with van der Waals surface area (Å²) in [4.78, 5) is 6.23. The highest BCUT2D eigenvalue weighted by molar-refractivity contribution is 5.50. The average molecular weight is 192 g/mol. The Labute approximate surface area is 84.7 Å². The van der Waals surface area contributed by atoms with Crippen LogP contribution in [-0.2, 0) is 0 Å². The van der Waals surface area contributed by atoms with Gasteiger partial charge in [-0.15, -0.1) is 0 Å². The molecule has 1 aromatic rings. The third-order valence-corrected chi connectivity index (χ3v) is 1.84. The van der Waals surface area contributed by atoms with Gasteiger partial charge in [-0.05, 0) is 24.1 Å². The second kappa shape index (κ2) is 5.40. The second-order valence-corrected chi connectivity index (χ2v) is 3.26. The van der Waals surface area contributed by atoms with Gasteiger partial charge < -0.3 is 10.0 Å². The zero-order chi connectivity index (χ0) is 10.4. The molecule has 0 aromatic carbocycles. The van der Waals surface area contributed by atoms with Crippen LogP contribution >= 0.6 is 0 Å². The van der Waals surface area contributed by atoms with E-state index in [9.17, 15) is 0 Å². The molecular formula is C11H16N2O. The van der Waals surface area contributed by atoms with Crippen molar-refractivity contribution in [1.82, 2.24) is 4.98 Å². The summed E-state index contributed by atoms with van der Waals surface area (Å²) < 4.78 is 0. The number of nitrogens with zero attached hydrogens (tertiary/aromatic N) is 2. The first-order valence-electron chi connectivity index (χ1n) is 4.65. The largest absolute Gasteiger partial charge is 0.396 e. The Balaban J connectivity index is 2.64. The zero-order valence-corrected chi connectivity index (χ0v) is 8.64. The summed E-state index contributed by atoms with van der Waals surface area (Å²) in [6.07, 6.45) is 6.41. The predicted molar refractivity (Wildman–Crippen MR) is 59.3 cm³/mol. The second-order valence-electron chi connectivity index (χ2n) is 3.26. The molecule has 0 aliphatic carbocycles. The van der Waals surface area contributed by atoms with Gasteiger partial charge >= 0.3 is 0 Å². The van der Waals surface area contributed by atoms with Gasteiger partial charge in [0.2, 0.25) is 0 Å². The highest BCUT2D eigenvalue weighted by Crippen LogP contribution is 2.08. The maximum Gasteiger partial charge on any atom is 0.127 e. The van der Waals surface area contributed by atoms with Gasteiger partial charge in [0.15, 0.2) is 0 Å². The van der Waals surface area contributed by atoms with Crippen molar-refractivity contribution >= 4 is 11.9 Å². The van der Waals surface area contributed by atoms with Crippen molar-refractivity contribution in [1.29, 1.82) is 0 Å². The number of anilines is 1. The van der Waals surface area contributed by atoms with Crippen molar-refractivity contribution in [2.24, 2.45) is 0 Å². The normalized spacial score (nSPS) is 10.8. The molecule has 3 nitrogen and oxygen atoms in total. The van der Waals surface area contributed by atoms with E-state index in [0.717, 1.165) is 11.4 Å². The summed E-state index contributed by atoms with van der Waals surface area (Å²) in [7, 11) is 3.92. The first kappa shape index (κ1) is 10.7. The Bertz CT molecular complexity index is 291. The quantitative estimate of drug-likeness (QED) is 0.786. The molecule has 0 aliphatic rings. The van der Waals surface area contributed by atoms with E-state index in [2.05, 4.69) is 4.98 Å². The van der Waals surface area contributed by atoms with Gasteiger partial charge in [0, 0.05) is 26.9 Å². The van der Waals surface area contributed by atoms with Gasteiger partial charge in [-0.1, -0.05) is 12.2 Å². The van der Waals surface area contributed by atoms with Crippen molar-refractivity contribution in [3.8, 4) is 0 Å². The molecule has 1 N–H and O–H groups in total. The van der Waals surface area contributed by atoms with Gasteiger partial charge in [-0.2, -0.15) is 0 Å². The lowest BCUT2D eigenvalue weighted by Gasteiger charge is -2.10. The van der Waals surface area contributed by atoms with Crippen LogP contribution in [-0.4, -0.2) is 30.8 Å². The number of aliphatic hydroxyl groups is 1. The number of hydrogen-bond donors (Lipinski definition) is 1. The maximum atomic E-state index is 8.59. The molecule has 0 atom stereocenters. The molecule has 0 saturated heterocycles. The Morgan fingerprint density at radius 2 is 2.21 bits per heavy atom. The molecule has 1 aromatic heterocycles. The molecule has 0 fully saturated rings. The minimum Gasteiger partial charge on any atom is -0.396 e. The molecule has 0 spiro atoms. The van der Waals surface area contributed by atoms with Gasteiger partial charge in [0.1, 0.15) is 5.82 Å². The lowest BCUT2D eigenvalue weighted by atomic mass is 10.2. The number of aliphatic hydroxyl groups excluding tert-OH is 1. The molecule has 1 rings (SSSR count). The van der Waals surface area contributed by atoms with Crippen LogP contribution < -0.4 is 4.90 Å². The molecule has 0 saturated carbocycles. The van der Waals surface area contributed by atoms with Crippen LogP contribution in [0, 0.1) is 0 Å². The summed E-state index contributed by atoms with van der Waals surface area (Å²) in [5, 5.41) is 8.59. The summed E-state index contributed by atoms with van der Waals surface area (Å²) in [6, 6.07) is 3.98. The van der Waals surface area contributed by atoms with E-state index in [1.165, 1.54) is 0 Å². The van der Waals surface area contributed by atoms with Crippen LogP contribution in [0.15, 0.2) is 24.4 Å². The van der Waals surface area contributed by atoms with Crippen LogP contribution in [0.25, 0.3) is 6.08 Å². The van der Waals surface area contributed by atoms with Gasteiger partial charge in [-0.3, -0.25) is 0 Å². The summed E-state index contributed by atoms with van der Waals surface area (Å²) in [6.45, 7) is 0.194. The molecule has 3 heteroatoms.